The Morgan fingerprint density at radius 2 is 1.92 bits per heavy atom. The van der Waals surface area contributed by atoms with Gasteiger partial charge in [0.05, 0.1) is 11.9 Å². The monoisotopic (exact) mass is 454 g/mol. The molecule has 0 aliphatic heterocycles. The molecular formula is C14H16Cl2N4O3S3. The van der Waals surface area contributed by atoms with E-state index in [1.165, 1.54) is 41.3 Å². The molecule has 0 aliphatic carbocycles. The van der Waals surface area contributed by atoms with Gasteiger partial charge < -0.3 is 0 Å². The number of hydrogen-bond acceptors (Lipinski definition) is 7. The van der Waals surface area contributed by atoms with Gasteiger partial charge in [-0.15, -0.1) is 10.2 Å². The molecule has 1 amide bonds. The summed E-state index contributed by atoms with van der Waals surface area (Å²) in [7, 11) is -3.78. The number of carbonyl (C=O) groups excluding carboxylic acids is 1. The first-order chi connectivity index (χ1) is 12.2. The van der Waals surface area contributed by atoms with E-state index >= 15 is 0 Å². The van der Waals surface area contributed by atoms with E-state index in [4.69, 9.17) is 23.2 Å². The summed E-state index contributed by atoms with van der Waals surface area (Å²) in [5.74, 6) is -0.516. The highest BCUT2D eigenvalue weighted by Gasteiger charge is 2.32. The minimum absolute atomic E-state index is 0.217. The van der Waals surface area contributed by atoms with E-state index in [0.29, 0.717) is 9.47 Å². The first-order valence-electron chi connectivity index (χ1n) is 7.29. The van der Waals surface area contributed by atoms with Gasteiger partial charge in [-0.05, 0) is 30.9 Å². The first kappa shape index (κ1) is 21.2. The van der Waals surface area contributed by atoms with Gasteiger partial charge in [-0.2, -0.15) is 0 Å². The number of halogens is 2. The van der Waals surface area contributed by atoms with Crippen molar-refractivity contribution >= 4 is 73.0 Å². The third-order valence-electron chi connectivity index (χ3n) is 3.24. The SMILES string of the molecule is CC[C@H](C(=O)Nc1nnc(SC)s1)N(c1cc(Cl)cc(Cl)c1)S(C)(=O)=O. The highest BCUT2D eigenvalue weighted by molar-refractivity contribution is 8.00. The van der Waals surface area contributed by atoms with E-state index in [1.807, 2.05) is 6.26 Å². The van der Waals surface area contributed by atoms with Crippen LogP contribution in [-0.2, 0) is 14.8 Å². The molecule has 0 aliphatic rings. The Morgan fingerprint density at radius 1 is 1.31 bits per heavy atom. The smallest absolute Gasteiger partial charge is 0.250 e. The molecule has 2 aromatic rings. The van der Waals surface area contributed by atoms with Crippen LogP contribution in [-0.4, -0.2) is 43.1 Å². The lowest BCUT2D eigenvalue weighted by Gasteiger charge is -2.30. The Morgan fingerprint density at radius 3 is 2.38 bits per heavy atom. The maximum absolute atomic E-state index is 12.7. The second-order valence-corrected chi connectivity index (χ2v) is 9.94. The van der Waals surface area contributed by atoms with Crippen LogP contribution in [0.4, 0.5) is 10.8 Å². The third-order valence-corrected chi connectivity index (χ3v) is 6.67. The summed E-state index contributed by atoms with van der Waals surface area (Å²) in [4.78, 5) is 12.7. The van der Waals surface area contributed by atoms with Crippen LogP contribution in [0.5, 0.6) is 0 Å². The zero-order valence-electron chi connectivity index (χ0n) is 14.1. The predicted octanol–water partition coefficient (Wildman–Crippen LogP) is 3.75. The lowest BCUT2D eigenvalue weighted by Crippen LogP contribution is -2.47. The van der Waals surface area contributed by atoms with Gasteiger partial charge >= 0.3 is 0 Å². The molecule has 26 heavy (non-hydrogen) atoms. The second kappa shape index (κ2) is 8.75. The molecule has 0 bridgehead atoms. The van der Waals surface area contributed by atoms with Crippen molar-refractivity contribution in [1.82, 2.24) is 10.2 Å². The fourth-order valence-corrected chi connectivity index (χ4v) is 5.14. The quantitative estimate of drug-likeness (QED) is 0.505. The summed E-state index contributed by atoms with van der Waals surface area (Å²) in [5, 5.41) is 11.2. The van der Waals surface area contributed by atoms with Crippen LogP contribution in [0.2, 0.25) is 10.0 Å². The molecule has 1 N–H and O–H groups in total. The van der Waals surface area contributed by atoms with Gasteiger partial charge in [-0.25, -0.2) is 8.42 Å². The fourth-order valence-electron chi connectivity index (χ4n) is 2.26. The Kier molecular flexibility index (Phi) is 7.14. The normalized spacial score (nSPS) is 12.7. The molecule has 0 saturated carbocycles. The average Bonchev–Trinajstić information content (AvgIpc) is 2.97. The number of benzene rings is 1. The number of anilines is 2. The molecule has 7 nitrogen and oxygen atoms in total. The number of aromatic nitrogens is 2. The van der Waals surface area contributed by atoms with E-state index in [1.54, 1.807) is 6.92 Å². The van der Waals surface area contributed by atoms with Gasteiger partial charge in [0.25, 0.3) is 0 Å². The molecule has 0 saturated heterocycles. The molecule has 0 spiro atoms. The molecule has 12 heteroatoms. The van der Waals surface area contributed by atoms with Crippen molar-refractivity contribution in [2.75, 3.05) is 22.1 Å². The molecule has 1 atom stereocenters. The van der Waals surface area contributed by atoms with Gasteiger partial charge in [0.15, 0.2) is 4.34 Å². The summed E-state index contributed by atoms with van der Waals surface area (Å²) < 4.78 is 26.5. The summed E-state index contributed by atoms with van der Waals surface area (Å²) in [6.45, 7) is 1.71. The number of rotatable bonds is 7. The number of amides is 1. The molecule has 1 heterocycles. The molecule has 142 valence electrons. The van der Waals surface area contributed by atoms with Crippen molar-refractivity contribution in [1.29, 1.82) is 0 Å². The lowest BCUT2D eigenvalue weighted by atomic mass is 10.2. The first-order valence-corrected chi connectivity index (χ1v) is 11.9. The Labute approximate surface area is 170 Å². The van der Waals surface area contributed by atoms with Crippen LogP contribution >= 0.6 is 46.3 Å². The van der Waals surface area contributed by atoms with Crippen molar-refractivity contribution in [3.05, 3.63) is 28.2 Å². The maximum atomic E-state index is 12.7. The highest BCUT2D eigenvalue weighted by atomic mass is 35.5. The van der Waals surface area contributed by atoms with E-state index in [9.17, 15) is 13.2 Å². The van der Waals surface area contributed by atoms with Crippen molar-refractivity contribution in [2.45, 2.75) is 23.7 Å². The van der Waals surface area contributed by atoms with E-state index in [2.05, 4.69) is 15.5 Å². The summed E-state index contributed by atoms with van der Waals surface area (Å²) in [6, 6.07) is 3.38. The topological polar surface area (TPSA) is 92.3 Å². The summed E-state index contributed by atoms with van der Waals surface area (Å²) >= 11 is 14.6. The fraction of sp³-hybridized carbons (Fsp3) is 0.357. The third kappa shape index (κ3) is 5.23. The van der Waals surface area contributed by atoms with Gasteiger partial charge in [0.1, 0.15) is 6.04 Å². The van der Waals surface area contributed by atoms with Crippen LogP contribution in [0.3, 0.4) is 0 Å². The molecular weight excluding hydrogens is 439 g/mol. The Hall–Kier alpha value is -1.07. The largest absolute Gasteiger partial charge is 0.299 e. The summed E-state index contributed by atoms with van der Waals surface area (Å²) in [5.41, 5.74) is 0.217. The van der Waals surface area contributed by atoms with Gasteiger partial charge in [0.2, 0.25) is 21.1 Å². The van der Waals surface area contributed by atoms with Crippen LogP contribution in [0, 0.1) is 0 Å². The number of carbonyl (C=O) groups is 1. The van der Waals surface area contributed by atoms with E-state index in [0.717, 1.165) is 10.6 Å². The van der Waals surface area contributed by atoms with Gasteiger partial charge in [-0.3, -0.25) is 14.4 Å². The van der Waals surface area contributed by atoms with E-state index in [-0.39, 0.29) is 22.2 Å². The number of thioether (sulfide) groups is 1. The van der Waals surface area contributed by atoms with E-state index < -0.39 is 22.0 Å². The average molecular weight is 455 g/mol. The van der Waals surface area contributed by atoms with Crippen LogP contribution < -0.4 is 9.62 Å². The molecule has 0 unspecified atom stereocenters. The molecule has 1 aromatic carbocycles. The zero-order valence-corrected chi connectivity index (χ0v) is 18.0. The molecule has 2 rings (SSSR count). The number of hydrogen-bond donors (Lipinski definition) is 1. The summed E-state index contributed by atoms with van der Waals surface area (Å²) in [6.07, 6.45) is 3.10. The molecule has 0 fully saturated rings. The molecule has 0 radical (unpaired) electrons. The predicted molar refractivity (Wildman–Crippen MR) is 108 cm³/mol. The van der Waals surface area contributed by atoms with Crippen LogP contribution in [0.15, 0.2) is 22.5 Å². The Balaban J connectivity index is 2.39. The van der Waals surface area contributed by atoms with Gasteiger partial charge in [0, 0.05) is 10.0 Å². The standard InChI is InChI=1S/C14H16Cl2N4O3S3/c1-4-11(12(21)17-13-18-19-14(24-2)25-13)20(26(3,22)23)10-6-8(15)5-9(16)7-10/h5-7,11H,4H2,1-3H3,(H,17,18,21)/t11-/m1/s1. The van der Waals surface area contributed by atoms with Crippen molar-refractivity contribution in [3.63, 3.8) is 0 Å². The maximum Gasteiger partial charge on any atom is 0.250 e. The van der Waals surface area contributed by atoms with Crippen molar-refractivity contribution in [3.8, 4) is 0 Å². The number of nitrogens with one attached hydrogen (secondary N) is 1. The number of nitrogens with zero attached hydrogens (tertiary/aromatic N) is 3. The van der Waals surface area contributed by atoms with Gasteiger partial charge in [-0.1, -0.05) is 53.2 Å². The van der Waals surface area contributed by atoms with Crippen molar-refractivity contribution in [2.24, 2.45) is 0 Å². The lowest BCUT2D eigenvalue weighted by molar-refractivity contribution is -0.117. The van der Waals surface area contributed by atoms with Crippen LogP contribution in [0.1, 0.15) is 13.3 Å². The molecule has 1 aromatic heterocycles. The van der Waals surface area contributed by atoms with Crippen molar-refractivity contribution < 1.29 is 13.2 Å². The second-order valence-electron chi connectivity index (χ2n) is 5.18. The minimum atomic E-state index is -3.78. The minimum Gasteiger partial charge on any atom is -0.299 e. The highest BCUT2D eigenvalue weighted by Crippen LogP contribution is 2.30. The Bertz CT molecular complexity index is 884. The number of sulfonamides is 1. The zero-order chi connectivity index (χ0) is 19.5. The van der Waals surface area contributed by atoms with Crippen LogP contribution in [0.25, 0.3) is 0 Å².